The summed E-state index contributed by atoms with van der Waals surface area (Å²) in [5.41, 5.74) is -2.06. The van der Waals surface area contributed by atoms with Crippen molar-refractivity contribution >= 4 is 12.1 Å². The Kier molecular flexibility index (Phi) is 3.88. The van der Waals surface area contributed by atoms with E-state index in [0.29, 0.717) is 31.1 Å². The number of alkyl halides is 1. The molecule has 3 saturated carbocycles. The van der Waals surface area contributed by atoms with Crippen molar-refractivity contribution in [3.63, 3.8) is 0 Å². The minimum Gasteiger partial charge on any atom is -0.505 e. The van der Waals surface area contributed by atoms with Crippen molar-refractivity contribution in [1.82, 2.24) is 0 Å². The summed E-state index contributed by atoms with van der Waals surface area (Å²) in [5, 5.41) is 21.3. The van der Waals surface area contributed by atoms with Crippen molar-refractivity contribution in [2.75, 3.05) is 0 Å². The van der Waals surface area contributed by atoms with Crippen molar-refractivity contribution in [2.24, 2.45) is 28.6 Å². The molecule has 0 aromatic heterocycles. The number of hydrogen-bond acceptors (Lipinski definition) is 4. The zero-order chi connectivity index (χ0) is 19.8. The smallest absolute Gasteiger partial charge is 0.184 e. The standard InChI is InChI=1S/C22H27FO4/c1-12-8-16-15-5-4-13-9-14(25)6-7-21(13,3)22(15,23)18(27)10-20(16,2)19(12)17(26)11-24/h6-7,9,11-12,15-16,18,26-27H,4-5,8,10H2,1-3H3/b19-17+/t12-,15+,16+,18+,20+,21+,22+/m1/s1. The summed E-state index contributed by atoms with van der Waals surface area (Å²) in [6.07, 6.45) is 5.82. The van der Waals surface area contributed by atoms with Crippen LogP contribution in [0.1, 0.15) is 46.5 Å². The van der Waals surface area contributed by atoms with Gasteiger partial charge in [-0.15, -0.1) is 0 Å². The van der Waals surface area contributed by atoms with Crippen molar-refractivity contribution in [2.45, 2.75) is 58.2 Å². The van der Waals surface area contributed by atoms with Gasteiger partial charge in [0, 0.05) is 11.3 Å². The van der Waals surface area contributed by atoms with Gasteiger partial charge in [0.25, 0.3) is 0 Å². The van der Waals surface area contributed by atoms with Crippen LogP contribution in [0.3, 0.4) is 0 Å². The van der Waals surface area contributed by atoms with Gasteiger partial charge in [0.2, 0.25) is 0 Å². The molecule has 0 aliphatic heterocycles. The Bertz CT molecular complexity index is 811. The highest BCUT2D eigenvalue weighted by Crippen LogP contribution is 2.69. The maximum Gasteiger partial charge on any atom is 0.184 e. The Morgan fingerprint density at radius 1 is 1.33 bits per heavy atom. The van der Waals surface area contributed by atoms with Crippen LogP contribution in [-0.2, 0) is 9.59 Å². The summed E-state index contributed by atoms with van der Waals surface area (Å²) in [6.45, 7) is 5.70. The Balaban J connectivity index is 1.85. The number of allylic oxidation sites excluding steroid dienone is 6. The molecule has 2 N–H and O–H groups in total. The fraction of sp³-hybridized carbons (Fsp3) is 0.636. The Morgan fingerprint density at radius 2 is 2.04 bits per heavy atom. The van der Waals surface area contributed by atoms with Crippen molar-refractivity contribution < 1.29 is 24.2 Å². The molecule has 0 aromatic rings. The molecule has 0 unspecified atom stereocenters. The monoisotopic (exact) mass is 374 g/mol. The maximum atomic E-state index is 16.8. The molecule has 0 saturated heterocycles. The topological polar surface area (TPSA) is 74.6 Å². The molecule has 3 fully saturated rings. The second kappa shape index (κ2) is 5.63. The third kappa shape index (κ3) is 2.12. The van der Waals surface area contributed by atoms with Gasteiger partial charge in [-0.2, -0.15) is 0 Å². The largest absolute Gasteiger partial charge is 0.505 e. The first-order valence-corrected chi connectivity index (χ1v) is 9.79. The number of aldehydes is 1. The molecule has 7 atom stereocenters. The van der Waals surface area contributed by atoms with Crippen molar-refractivity contribution in [3.8, 4) is 0 Å². The molecule has 4 nitrogen and oxygen atoms in total. The Hall–Kier alpha value is -1.75. The molecule has 27 heavy (non-hydrogen) atoms. The van der Waals surface area contributed by atoms with Gasteiger partial charge >= 0.3 is 0 Å². The summed E-state index contributed by atoms with van der Waals surface area (Å²) in [7, 11) is 0. The summed E-state index contributed by atoms with van der Waals surface area (Å²) in [6, 6.07) is 0. The minimum atomic E-state index is -1.87. The summed E-state index contributed by atoms with van der Waals surface area (Å²) < 4.78 is 16.8. The third-order valence-electron chi connectivity index (χ3n) is 8.13. The van der Waals surface area contributed by atoms with Crippen molar-refractivity contribution in [1.29, 1.82) is 0 Å². The first kappa shape index (κ1) is 18.6. The predicted molar refractivity (Wildman–Crippen MR) is 98.6 cm³/mol. The molecule has 0 aromatic carbocycles. The van der Waals surface area contributed by atoms with Gasteiger partial charge in [0.1, 0.15) is 0 Å². The van der Waals surface area contributed by atoms with Gasteiger partial charge in [-0.3, -0.25) is 9.59 Å². The zero-order valence-corrected chi connectivity index (χ0v) is 16.0. The van der Waals surface area contributed by atoms with Gasteiger partial charge in [0.15, 0.2) is 23.5 Å². The average molecular weight is 374 g/mol. The number of aliphatic hydroxyl groups excluding tert-OH is 2. The molecule has 0 amide bonds. The van der Waals surface area contributed by atoms with Gasteiger partial charge in [0.05, 0.1) is 6.10 Å². The lowest BCUT2D eigenvalue weighted by atomic mass is 9.45. The lowest BCUT2D eigenvalue weighted by Gasteiger charge is -2.61. The zero-order valence-electron chi connectivity index (χ0n) is 16.0. The quantitative estimate of drug-likeness (QED) is 0.418. The third-order valence-corrected chi connectivity index (χ3v) is 8.13. The summed E-state index contributed by atoms with van der Waals surface area (Å²) in [5.74, 6) is -0.895. The van der Waals surface area contributed by atoms with Crippen LogP contribution in [0, 0.1) is 28.6 Å². The average Bonchev–Trinajstić information content (AvgIpc) is 2.86. The SMILES string of the molecule is C[C@@H]1C[C@H]2[C@@H]3CCC4=CC(=O)C=C[C@]4(C)[C@@]3(F)[C@@H](O)C[C@]2(C)/C1=C(/O)C=O. The molecular formula is C22H27FO4. The molecule has 5 heteroatoms. The second-order valence-corrected chi connectivity index (χ2v) is 9.32. The van der Waals surface area contributed by atoms with Crippen LogP contribution in [0.4, 0.5) is 4.39 Å². The number of hydrogen-bond donors (Lipinski definition) is 2. The highest BCUT2D eigenvalue weighted by Gasteiger charge is 2.70. The van der Waals surface area contributed by atoms with Crippen LogP contribution in [0.2, 0.25) is 0 Å². The van der Waals surface area contributed by atoms with Gasteiger partial charge in [-0.25, -0.2) is 4.39 Å². The lowest BCUT2D eigenvalue weighted by molar-refractivity contribution is -0.184. The van der Waals surface area contributed by atoms with Crippen LogP contribution in [-0.4, -0.2) is 34.1 Å². The van der Waals surface area contributed by atoms with E-state index in [1.54, 1.807) is 13.0 Å². The van der Waals surface area contributed by atoms with E-state index >= 15 is 4.39 Å². The fourth-order valence-electron chi connectivity index (χ4n) is 6.97. The van der Waals surface area contributed by atoms with Gasteiger partial charge in [-0.1, -0.05) is 25.5 Å². The number of carbonyl (C=O) groups excluding carboxylic acids is 2. The van der Waals surface area contributed by atoms with Crippen LogP contribution in [0.25, 0.3) is 0 Å². The second-order valence-electron chi connectivity index (χ2n) is 9.32. The number of fused-ring (bicyclic) bond motifs is 5. The molecule has 0 heterocycles. The van der Waals surface area contributed by atoms with Gasteiger partial charge in [-0.05, 0) is 67.6 Å². The molecule has 0 bridgehead atoms. The highest BCUT2D eigenvalue weighted by molar-refractivity contribution is 6.01. The summed E-state index contributed by atoms with van der Waals surface area (Å²) >= 11 is 0. The van der Waals surface area contributed by atoms with E-state index in [2.05, 4.69) is 0 Å². The first-order chi connectivity index (χ1) is 12.6. The highest BCUT2D eigenvalue weighted by atomic mass is 19.1. The minimum absolute atomic E-state index is 0.0343. The number of aliphatic hydroxyl groups is 2. The van der Waals surface area contributed by atoms with E-state index in [1.165, 1.54) is 12.2 Å². The molecular weight excluding hydrogens is 347 g/mol. The van der Waals surface area contributed by atoms with Crippen LogP contribution in [0.5, 0.6) is 0 Å². The van der Waals surface area contributed by atoms with Crippen LogP contribution in [0.15, 0.2) is 35.1 Å². The van der Waals surface area contributed by atoms with E-state index in [0.717, 1.165) is 5.57 Å². The van der Waals surface area contributed by atoms with Crippen LogP contribution >= 0.6 is 0 Å². The normalized spacial score (nSPS) is 50.4. The lowest BCUT2D eigenvalue weighted by Crippen LogP contribution is -2.66. The first-order valence-electron chi connectivity index (χ1n) is 9.79. The fourth-order valence-corrected chi connectivity index (χ4v) is 6.97. The molecule has 0 spiro atoms. The van der Waals surface area contributed by atoms with Crippen molar-refractivity contribution in [3.05, 3.63) is 35.1 Å². The number of rotatable bonds is 1. The van der Waals surface area contributed by atoms with E-state index in [1.807, 2.05) is 13.8 Å². The molecule has 4 aliphatic carbocycles. The Labute approximate surface area is 158 Å². The Morgan fingerprint density at radius 3 is 2.70 bits per heavy atom. The van der Waals surface area contributed by atoms with Crippen LogP contribution < -0.4 is 0 Å². The predicted octanol–water partition coefficient (Wildman–Crippen LogP) is 3.61. The summed E-state index contributed by atoms with van der Waals surface area (Å²) in [4.78, 5) is 23.1. The number of halogens is 1. The number of ketones is 1. The molecule has 4 rings (SSSR count). The molecule has 146 valence electrons. The van der Waals surface area contributed by atoms with Gasteiger partial charge < -0.3 is 10.2 Å². The maximum absolute atomic E-state index is 16.8. The van der Waals surface area contributed by atoms with E-state index in [9.17, 15) is 19.8 Å². The molecule has 4 aliphatic rings. The van der Waals surface area contributed by atoms with E-state index < -0.39 is 28.5 Å². The molecule has 0 radical (unpaired) electrons. The number of carbonyl (C=O) groups is 2. The van der Waals surface area contributed by atoms with E-state index in [-0.39, 0.29) is 29.8 Å². The van der Waals surface area contributed by atoms with E-state index in [4.69, 9.17) is 0 Å².